The second-order valence-electron chi connectivity index (χ2n) is 7.92. The molecule has 0 radical (unpaired) electrons. The number of aryl methyl sites for hydroxylation is 1. The topological polar surface area (TPSA) is 66.9 Å². The van der Waals surface area contributed by atoms with Gasteiger partial charge in [0.05, 0.1) is 17.5 Å². The van der Waals surface area contributed by atoms with E-state index in [1.54, 1.807) is 38.1 Å². The Hall–Kier alpha value is -4.41. The van der Waals surface area contributed by atoms with Crippen LogP contribution in [0.25, 0.3) is 33.2 Å². The van der Waals surface area contributed by atoms with E-state index in [0.717, 1.165) is 6.07 Å². The minimum absolute atomic E-state index is 0.00710. The maximum absolute atomic E-state index is 14.9. The number of aromatic nitrogens is 1. The van der Waals surface area contributed by atoms with Gasteiger partial charge in [-0.05, 0) is 42.7 Å². The molecule has 0 saturated carbocycles. The van der Waals surface area contributed by atoms with E-state index < -0.39 is 30.9 Å². The van der Waals surface area contributed by atoms with Gasteiger partial charge in [0.1, 0.15) is 23.1 Å². The van der Waals surface area contributed by atoms with Gasteiger partial charge in [-0.1, -0.05) is 36.4 Å². The zero-order valence-corrected chi connectivity index (χ0v) is 20.1. The summed E-state index contributed by atoms with van der Waals surface area (Å²) in [5.74, 6) is -2.10. The largest absolute Gasteiger partial charge is 0.573 e. The predicted octanol–water partition coefficient (Wildman–Crippen LogP) is 7.56. The van der Waals surface area contributed by atoms with Crippen LogP contribution < -0.4 is 9.47 Å². The summed E-state index contributed by atoms with van der Waals surface area (Å²) in [5.41, 5.74) is 2.62. The van der Waals surface area contributed by atoms with Crippen molar-refractivity contribution in [1.29, 1.82) is 0 Å². The van der Waals surface area contributed by atoms with Crippen molar-refractivity contribution in [3.8, 4) is 33.8 Å². The Kier molecular flexibility index (Phi) is 7.65. The average molecular weight is 533 g/mol. The molecule has 0 spiro atoms. The highest BCUT2D eigenvalue weighted by Gasteiger charge is 2.31. The van der Waals surface area contributed by atoms with Crippen LogP contribution in [-0.4, -0.2) is 30.9 Å². The predicted molar refractivity (Wildman–Crippen MR) is 128 cm³/mol. The van der Waals surface area contributed by atoms with E-state index in [2.05, 4.69) is 9.72 Å². The van der Waals surface area contributed by atoms with Crippen LogP contribution in [0, 0.1) is 18.6 Å². The Morgan fingerprint density at radius 3 is 2.11 bits per heavy atom. The molecule has 11 heteroatoms. The van der Waals surface area contributed by atoms with Crippen LogP contribution in [-0.2, 0) is 9.47 Å². The van der Waals surface area contributed by atoms with Gasteiger partial charge >= 0.3 is 12.5 Å². The zero-order chi connectivity index (χ0) is 27.4. The molecule has 0 saturated heterocycles. The number of ether oxygens (including phenoxy) is 4. The van der Waals surface area contributed by atoms with Crippen molar-refractivity contribution in [2.75, 3.05) is 13.4 Å². The normalized spacial score (nSPS) is 11.3. The fraction of sp³-hybridized carbons (Fsp3) is 0.185. The van der Waals surface area contributed by atoms with Gasteiger partial charge in [-0.15, -0.1) is 13.2 Å². The van der Waals surface area contributed by atoms with Crippen molar-refractivity contribution in [3.05, 3.63) is 78.0 Å². The van der Waals surface area contributed by atoms with Crippen LogP contribution in [0.1, 0.15) is 12.6 Å². The van der Waals surface area contributed by atoms with Gasteiger partial charge in [0.25, 0.3) is 0 Å². The van der Waals surface area contributed by atoms with Crippen LogP contribution in [0.15, 0.2) is 60.7 Å². The SMILES string of the molecule is CCOC(=O)OCOc1c(-c2ccc(-c3ccc(OC(F)(F)F)cc3)cc2)c(C)nc2cc(F)cc(F)c12. The van der Waals surface area contributed by atoms with Crippen molar-refractivity contribution < 1.29 is 45.7 Å². The van der Waals surface area contributed by atoms with Gasteiger partial charge < -0.3 is 18.9 Å². The van der Waals surface area contributed by atoms with Crippen molar-refractivity contribution in [2.45, 2.75) is 20.2 Å². The van der Waals surface area contributed by atoms with Crippen LogP contribution in [0.2, 0.25) is 0 Å². The summed E-state index contributed by atoms with van der Waals surface area (Å²) in [7, 11) is 0. The molecule has 0 N–H and O–H groups in total. The standard InChI is InChI=1S/C27H20F5NO5/c1-3-35-26(34)37-14-36-25-23(15(2)33-22-13-19(28)12-21(29)24(22)25)18-6-4-16(5-7-18)17-8-10-20(11-9-17)38-27(30,31)32/h4-13H,3,14H2,1-2H3. The van der Waals surface area contributed by atoms with Crippen LogP contribution in [0.5, 0.6) is 11.5 Å². The van der Waals surface area contributed by atoms with Gasteiger partial charge in [-0.3, -0.25) is 4.98 Å². The van der Waals surface area contributed by atoms with E-state index in [1.807, 2.05) is 0 Å². The highest BCUT2D eigenvalue weighted by molar-refractivity contribution is 5.94. The van der Waals surface area contributed by atoms with E-state index in [0.29, 0.717) is 34.0 Å². The van der Waals surface area contributed by atoms with Crippen molar-refractivity contribution in [1.82, 2.24) is 4.98 Å². The number of halogens is 5. The first-order valence-corrected chi connectivity index (χ1v) is 11.2. The zero-order valence-electron chi connectivity index (χ0n) is 20.1. The number of carbonyl (C=O) groups excluding carboxylic acids is 1. The smallest absolute Gasteiger partial charge is 0.456 e. The van der Waals surface area contributed by atoms with Gasteiger partial charge in [-0.25, -0.2) is 13.6 Å². The van der Waals surface area contributed by atoms with Crippen LogP contribution in [0.4, 0.5) is 26.7 Å². The quantitative estimate of drug-likeness (QED) is 0.139. The molecule has 0 bridgehead atoms. The molecule has 1 aromatic heterocycles. The molecule has 0 atom stereocenters. The summed E-state index contributed by atoms with van der Waals surface area (Å²) in [5, 5.41) is -0.108. The van der Waals surface area contributed by atoms with E-state index in [4.69, 9.17) is 14.2 Å². The van der Waals surface area contributed by atoms with Gasteiger partial charge in [-0.2, -0.15) is 0 Å². The lowest BCUT2D eigenvalue weighted by Gasteiger charge is -2.17. The minimum atomic E-state index is -4.79. The minimum Gasteiger partial charge on any atom is -0.456 e. The molecule has 0 aliphatic carbocycles. The fourth-order valence-corrected chi connectivity index (χ4v) is 3.86. The molecule has 0 unspecified atom stereocenters. The van der Waals surface area contributed by atoms with Crippen molar-refractivity contribution in [2.24, 2.45) is 0 Å². The van der Waals surface area contributed by atoms with E-state index in [-0.39, 0.29) is 29.0 Å². The Balaban J connectivity index is 1.70. The molecule has 4 aromatic rings. The third-order valence-corrected chi connectivity index (χ3v) is 5.38. The first kappa shape index (κ1) is 26.6. The van der Waals surface area contributed by atoms with Crippen molar-refractivity contribution >= 4 is 17.1 Å². The Morgan fingerprint density at radius 1 is 0.895 bits per heavy atom. The number of pyridine rings is 1. The lowest BCUT2D eigenvalue weighted by Crippen LogP contribution is -2.16. The molecule has 0 aliphatic heterocycles. The first-order valence-electron chi connectivity index (χ1n) is 11.2. The molecule has 198 valence electrons. The molecular weight excluding hydrogens is 513 g/mol. The summed E-state index contributed by atoms with van der Waals surface area (Å²) in [4.78, 5) is 15.9. The molecule has 38 heavy (non-hydrogen) atoms. The molecule has 0 amide bonds. The third kappa shape index (κ3) is 6.10. The third-order valence-electron chi connectivity index (χ3n) is 5.38. The summed E-state index contributed by atoms with van der Waals surface area (Å²) in [6.45, 7) is 2.70. The molecule has 0 aliphatic rings. The number of hydrogen-bond acceptors (Lipinski definition) is 6. The highest BCUT2D eigenvalue weighted by atomic mass is 19.4. The maximum Gasteiger partial charge on any atom is 0.573 e. The Bertz CT molecular complexity index is 1450. The number of carbonyl (C=O) groups is 1. The molecule has 1 heterocycles. The van der Waals surface area contributed by atoms with Gasteiger partial charge in [0.15, 0.2) is 0 Å². The van der Waals surface area contributed by atoms with Gasteiger partial charge in [0.2, 0.25) is 6.79 Å². The number of benzene rings is 3. The number of hydrogen-bond donors (Lipinski definition) is 0. The second-order valence-corrected chi connectivity index (χ2v) is 7.92. The lowest BCUT2D eigenvalue weighted by atomic mass is 9.97. The number of fused-ring (bicyclic) bond motifs is 1. The summed E-state index contributed by atoms with van der Waals surface area (Å²) < 4.78 is 85.1. The summed E-state index contributed by atoms with van der Waals surface area (Å²) in [6.07, 6.45) is -5.77. The number of nitrogens with zero attached hydrogens (tertiary/aromatic N) is 1. The molecular formula is C27H20F5NO5. The van der Waals surface area contributed by atoms with E-state index in [9.17, 15) is 26.7 Å². The summed E-state index contributed by atoms with van der Waals surface area (Å²) in [6, 6.07) is 13.9. The molecule has 0 fully saturated rings. The average Bonchev–Trinajstić information content (AvgIpc) is 2.83. The van der Waals surface area contributed by atoms with Crippen molar-refractivity contribution in [3.63, 3.8) is 0 Å². The van der Waals surface area contributed by atoms with E-state index in [1.165, 1.54) is 24.3 Å². The molecule has 6 nitrogen and oxygen atoms in total. The maximum atomic E-state index is 14.9. The molecule has 4 rings (SSSR count). The fourth-order valence-electron chi connectivity index (χ4n) is 3.86. The summed E-state index contributed by atoms with van der Waals surface area (Å²) >= 11 is 0. The number of alkyl halides is 3. The second kappa shape index (κ2) is 10.9. The van der Waals surface area contributed by atoms with Crippen LogP contribution in [0.3, 0.4) is 0 Å². The monoisotopic (exact) mass is 533 g/mol. The Labute approximate surface area is 213 Å². The molecule has 3 aromatic carbocycles. The lowest BCUT2D eigenvalue weighted by molar-refractivity contribution is -0.274. The first-order chi connectivity index (χ1) is 18.1. The highest BCUT2D eigenvalue weighted by Crippen LogP contribution is 2.40. The Morgan fingerprint density at radius 2 is 1.50 bits per heavy atom. The van der Waals surface area contributed by atoms with Crippen LogP contribution >= 0.6 is 0 Å². The van der Waals surface area contributed by atoms with E-state index >= 15 is 0 Å². The van der Waals surface area contributed by atoms with Gasteiger partial charge in [0, 0.05) is 23.4 Å². The number of rotatable bonds is 7.